The molecule has 1 aliphatic carbocycles. The number of rotatable bonds is 6. The van der Waals surface area contributed by atoms with Gasteiger partial charge in [-0.1, -0.05) is 32.1 Å². The van der Waals surface area contributed by atoms with Crippen LogP contribution in [-0.4, -0.2) is 19.5 Å². The molecule has 2 nitrogen and oxygen atoms in total. The summed E-state index contributed by atoms with van der Waals surface area (Å²) in [4.78, 5) is 11.5. The van der Waals surface area contributed by atoms with Gasteiger partial charge in [-0.25, -0.2) is 0 Å². The van der Waals surface area contributed by atoms with Crippen molar-refractivity contribution in [1.82, 2.24) is 0 Å². The first kappa shape index (κ1) is 11.7. The highest BCUT2D eigenvalue weighted by molar-refractivity contribution is 5.78. The molecule has 0 spiro atoms. The molecular formula is C12H22O2. The Hall–Kier alpha value is -0.370. The standard InChI is InChI=1S/C12H22O2/c1-14-9-5-8-12(13)10-11-6-3-2-4-7-11/h11H,2-10H2,1H3. The van der Waals surface area contributed by atoms with Gasteiger partial charge >= 0.3 is 0 Å². The zero-order valence-corrected chi connectivity index (χ0v) is 9.26. The molecule has 1 saturated carbocycles. The molecule has 0 aliphatic heterocycles. The number of Topliss-reactive ketones (excluding diaryl/α,β-unsaturated/α-hetero) is 1. The van der Waals surface area contributed by atoms with Crippen LogP contribution in [0.5, 0.6) is 0 Å². The quantitative estimate of drug-likeness (QED) is 0.613. The lowest BCUT2D eigenvalue weighted by atomic mass is 9.85. The van der Waals surface area contributed by atoms with Crippen molar-refractivity contribution in [3.63, 3.8) is 0 Å². The summed E-state index contributed by atoms with van der Waals surface area (Å²) in [7, 11) is 1.69. The number of methoxy groups -OCH3 is 1. The molecule has 14 heavy (non-hydrogen) atoms. The van der Waals surface area contributed by atoms with Gasteiger partial charge in [0.1, 0.15) is 5.78 Å². The van der Waals surface area contributed by atoms with Crippen LogP contribution in [0.4, 0.5) is 0 Å². The minimum absolute atomic E-state index is 0.439. The summed E-state index contributed by atoms with van der Waals surface area (Å²) < 4.78 is 4.93. The van der Waals surface area contributed by atoms with Gasteiger partial charge in [-0.15, -0.1) is 0 Å². The van der Waals surface area contributed by atoms with E-state index in [0.717, 1.165) is 19.4 Å². The number of hydrogen-bond acceptors (Lipinski definition) is 2. The van der Waals surface area contributed by atoms with E-state index in [4.69, 9.17) is 4.74 Å². The Labute approximate surface area is 87.0 Å². The fourth-order valence-corrected chi connectivity index (χ4v) is 2.23. The molecular weight excluding hydrogens is 176 g/mol. The maximum atomic E-state index is 11.5. The maximum absolute atomic E-state index is 11.5. The van der Waals surface area contributed by atoms with E-state index in [0.29, 0.717) is 18.1 Å². The highest BCUT2D eigenvalue weighted by Gasteiger charge is 2.16. The topological polar surface area (TPSA) is 26.3 Å². The van der Waals surface area contributed by atoms with E-state index in [2.05, 4.69) is 0 Å². The van der Waals surface area contributed by atoms with Crippen LogP contribution in [-0.2, 0) is 9.53 Å². The minimum atomic E-state index is 0.439. The van der Waals surface area contributed by atoms with Crippen LogP contribution < -0.4 is 0 Å². The Bertz CT molecular complexity index is 160. The minimum Gasteiger partial charge on any atom is -0.385 e. The van der Waals surface area contributed by atoms with Gasteiger partial charge in [-0.2, -0.15) is 0 Å². The van der Waals surface area contributed by atoms with Crippen LogP contribution in [0.15, 0.2) is 0 Å². The lowest BCUT2D eigenvalue weighted by molar-refractivity contribution is -0.120. The van der Waals surface area contributed by atoms with Crippen molar-refractivity contribution in [1.29, 1.82) is 0 Å². The predicted molar refractivity (Wildman–Crippen MR) is 57.3 cm³/mol. The van der Waals surface area contributed by atoms with E-state index in [1.807, 2.05) is 0 Å². The normalized spacial score (nSPS) is 18.4. The predicted octanol–water partition coefficient (Wildman–Crippen LogP) is 2.95. The first-order valence-corrected chi connectivity index (χ1v) is 5.83. The van der Waals surface area contributed by atoms with Crippen molar-refractivity contribution in [2.45, 2.75) is 51.4 Å². The fourth-order valence-electron chi connectivity index (χ4n) is 2.23. The molecule has 0 aromatic carbocycles. The Morgan fingerprint density at radius 3 is 2.64 bits per heavy atom. The van der Waals surface area contributed by atoms with Gasteiger partial charge in [0, 0.05) is 26.6 Å². The zero-order valence-electron chi connectivity index (χ0n) is 9.26. The molecule has 0 unspecified atom stereocenters. The van der Waals surface area contributed by atoms with Gasteiger partial charge in [0.05, 0.1) is 0 Å². The smallest absolute Gasteiger partial charge is 0.133 e. The molecule has 0 atom stereocenters. The number of hydrogen-bond donors (Lipinski definition) is 0. The second-order valence-corrected chi connectivity index (χ2v) is 4.34. The van der Waals surface area contributed by atoms with E-state index in [1.54, 1.807) is 7.11 Å². The number of ether oxygens (including phenoxy) is 1. The molecule has 1 fully saturated rings. The summed E-state index contributed by atoms with van der Waals surface area (Å²) in [5.74, 6) is 1.13. The van der Waals surface area contributed by atoms with E-state index >= 15 is 0 Å². The lowest BCUT2D eigenvalue weighted by Crippen LogP contribution is -2.12. The van der Waals surface area contributed by atoms with Crippen molar-refractivity contribution in [2.24, 2.45) is 5.92 Å². The molecule has 0 saturated heterocycles. The molecule has 1 aliphatic rings. The summed E-state index contributed by atoms with van der Waals surface area (Å²) in [5.41, 5.74) is 0. The van der Waals surface area contributed by atoms with Crippen molar-refractivity contribution < 1.29 is 9.53 Å². The summed E-state index contributed by atoms with van der Waals surface area (Å²) in [6.07, 6.45) is 9.00. The van der Waals surface area contributed by atoms with E-state index in [-0.39, 0.29) is 0 Å². The highest BCUT2D eigenvalue weighted by atomic mass is 16.5. The third-order valence-electron chi connectivity index (χ3n) is 3.05. The Morgan fingerprint density at radius 2 is 2.00 bits per heavy atom. The Kier molecular flexibility index (Phi) is 5.85. The summed E-state index contributed by atoms with van der Waals surface area (Å²) >= 11 is 0. The van der Waals surface area contributed by atoms with Crippen LogP contribution in [0.25, 0.3) is 0 Å². The lowest BCUT2D eigenvalue weighted by Gasteiger charge is -2.20. The van der Waals surface area contributed by atoms with Crippen LogP contribution in [0.2, 0.25) is 0 Å². The summed E-state index contributed by atoms with van der Waals surface area (Å²) in [5, 5.41) is 0. The number of carbonyl (C=O) groups is 1. The molecule has 2 heteroatoms. The van der Waals surface area contributed by atoms with Gasteiger partial charge in [-0.05, 0) is 12.3 Å². The van der Waals surface area contributed by atoms with Crippen LogP contribution in [0.3, 0.4) is 0 Å². The van der Waals surface area contributed by atoms with Gasteiger partial charge < -0.3 is 4.74 Å². The van der Waals surface area contributed by atoms with Gasteiger partial charge in [-0.3, -0.25) is 4.79 Å². The molecule has 0 radical (unpaired) electrons. The molecule has 0 aromatic rings. The zero-order chi connectivity index (χ0) is 10.2. The van der Waals surface area contributed by atoms with Crippen molar-refractivity contribution >= 4 is 5.78 Å². The average Bonchev–Trinajstić information content (AvgIpc) is 2.20. The van der Waals surface area contributed by atoms with Crippen molar-refractivity contribution in [2.75, 3.05) is 13.7 Å². The summed E-state index contributed by atoms with van der Waals surface area (Å²) in [6.45, 7) is 0.719. The third-order valence-corrected chi connectivity index (χ3v) is 3.05. The highest BCUT2D eigenvalue weighted by Crippen LogP contribution is 2.26. The monoisotopic (exact) mass is 198 g/mol. The van der Waals surface area contributed by atoms with Crippen molar-refractivity contribution in [3.05, 3.63) is 0 Å². The molecule has 0 heterocycles. The van der Waals surface area contributed by atoms with E-state index in [1.165, 1.54) is 32.1 Å². The Morgan fingerprint density at radius 1 is 1.29 bits per heavy atom. The first-order chi connectivity index (χ1) is 6.83. The molecule has 0 amide bonds. The Balaban J connectivity index is 2.06. The second-order valence-electron chi connectivity index (χ2n) is 4.34. The van der Waals surface area contributed by atoms with Crippen LogP contribution in [0, 0.1) is 5.92 Å². The molecule has 0 aromatic heterocycles. The average molecular weight is 198 g/mol. The largest absolute Gasteiger partial charge is 0.385 e. The van der Waals surface area contributed by atoms with E-state index in [9.17, 15) is 4.79 Å². The van der Waals surface area contributed by atoms with Gasteiger partial charge in [0.15, 0.2) is 0 Å². The van der Waals surface area contributed by atoms with Gasteiger partial charge in [0.2, 0.25) is 0 Å². The third kappa shape index (κ3) is 4.75. The molecule has 82 valence electrons. The molecule has 1 rings (SSSR count). The van der Waals surface area contributed by atoms with E-state index < -0.39 is 0 Å². The molecule has 0 bridgehead atoms. The summed E-state index contributed by atoms with van der Waals surface area (Å²) in [6, 6.07) is 0. The SMILES string of the molecule is COCCCC(=O)CC1CCCCC1. The van der Waals surface area contributed by atoms with Crippen LogP contribution in [0.1, 0.15) is 51.4 Å². The first-order valence-electron chi connectivity index (χ1n) is 5.83. The fraction of sp³-hybridized carbons (Fsp3) is 0.917. The van der Waals surface area contributed by atoms with Gasteiger partial charge in [0.25, 0.3) is 0 Å². The molecule has 0 N–H and O–H groups in total. The number of carbonyl (C=O) groups excluding carboxylic acids is 1. The maximum Gasteiger partial charge on any atom is 0.133 e. The van der Waals surface area contributed by atoms with Crippen LogP contribution >= 0.6 is 0 Å². The second kappa shape index (κ2) is 6.99. The number of ketones is 1. The van der Waals surface area contributed by atoms with Crippen molar-refractivity contribution in [3.8, 4) is 0 Å².